The van der Waals surface area contributed by atoms with Crippen molar-refractivity contribution in [1.29, 1.82) is 0 Å². The molecular weight excluding hydrogens is 444 g/mol. The maximum Gasteiger partial charge on any atom is 0.270 e. The molecule has 10 heteroatoms. The maximum atomic E-state index is 13.0. The number of carbonyl (C=O) groups excluding carboxylic acids is 3. The molecule has 2 amide bonds. The van der Waals surface area contributed by atoms with Crippen molar-refractivity contribution in [2.24, 2.45) is 0 Å². The topological polar surface area (TPSA) is 108 Å². The molecule has 1 saturated heterocycles. The zero-order valence-corrected chi connectivity index (χ0v) is 18.0. The molecule has 1 aliphatic heterocycles. The first-order chi connectivity index (χ1) is 14.7. The van der Waals surface area contributed by atoms with Gasteiger partial charge >= 0.3 is 0 Å². The molecule has 0 aliphatic carbocycles. The number of benzene rings is 2. The van der Waals surface area contributed by atoms with Gasteiger partial charge in [0.15, 0.2) is 16.6 Å². The van der Waals surface area contributed by atoms with Crippen molar-refractivity contribution in [1.82, 2.24) is 5.32 Å². The molecule has 1 heterocycles. The summed E-state index contributed by atoms with van der Waals surface area (Å²) in [5.41, 5.74) is 0.695. The molecule has 1 N–H and O–H groups in total. The van der Waals surface area contributed by atoms with Crippen LogP contribution in [0.3, 0.4) is 0 Å². The largest absolute Gasteiger partial charge is 0.546 e. The molecule has 1 aliphatic rings. The lowest BCUT2D eigenvalue weighted by atomic mass is 10.1. The fraction of sp³-hybridized carbons (Fsp3) is 0.143. The zero-order valence-electron chi connectivity index (χ0n) is 16.4. The van der Waals surface area contributed by atoms with E-state index >= 15 is 0 Å². The van der Waals surface area contributed by atoms with Gasteiger partial charge in [-0.25, -0.2) is 0 Å². The van der Waals surface area contributed by atoms with Gasteiger partial charge in [-0.15, -0.1) is 0 Å². The Hall–Kier alpha value is -3.43. The zero-order chi connectivity index (χ0) is 22.7. The Morgan fingerprint density at radius 1 is 1.23 bits per heavy atom. The van der Waals surface area contributed by atoms with Crippen molar-refractivity contribution >= 4 is 58.5 Å². The van der Waals surface area contributed by atoms with E-state index in [9.17, 15) is 19.5 Å². The molecule has 1 atom stereocenters. The third-order valence-corrected chi connectivity index (χ3v) is 4.82. The molecule has 0 bridgehead atoms. The highest BCUT2D eigenvalue weighted by molar-refractivity contribution is 7.80. The number of carboxylic acid groups (broad SMARTS) is 1. The maximum absolute atomic E-state index is 13.0. The van der Waals surface area contributed by atoms with Crippen LogP contribution >= 0.6 is 23.8 Å². The van der Waals surface area contributed by atoms with Crippen LogP contribution in [0.25, 0.3) is 6.08 Å². The quantitative estimate of drug-likeness (QED) is 0.398. The van der Waals surface area contributed by atoms with Gasteiger partial charge in [-0.1, -0.05) is 23.7 Å². The lowest BCUT2D eigenvalue weighted by Gasteiger charge is -2.29. The average molecular weight is 460 g/mol. The lowest BCUT2D eigenvalue weighted by Crippen LogP contribution is -2.54. The monoisotopic (exact) mass is 459 g/mol. The second kappa shape index (κ2) is 9.15. The number of anilines is 1. The van der Waals surface area contributed by atoms with Crippen molar-refractivity contribution in [2.75, 3.05) is 12.0 Å². The van der Waals surface area contributed by atoms with Crippen LogP contribution in [-0.2, 0) is 14.4 Å². The molecule has 0 spiro atoms. The number of hydrogen-bond donors (Lipinski definition) is 1. The normalized spacial score (nSPS) is 16.2. The van der Waals surface area contributed by atoms with Crippen LogP contribution in [0.2, 0.25) is 5.02 Å². The highest BCUT2D eigenvalue weighted by Gasteiger charge is 2.34. The SMILES string of the molecule is COc1cc(/C=C2\C(=O)NC(=S)N(c3cccc(Cl)c3)C2=O)ccc1O[C@H](C)C(=O)[O-]. The molecule has 1 fully saturated rings. The summed E-state index contributed by atoms with van der Waals surface area (Å²) in [7, 11) is 1.38. The van der Waals surface area contributed by atoms with Crippen LogP contribution in [0.5, 0.6) is 11.5 Å². The molecule has 2 aromatic rings. The number of ether oxygens (including phenoxy) is 2. The summed E-state index contributed by atoms with van der Waals surface area (Å²) in [5, 5.41) is 13.7. The first-order valence-electron chi connectivity index (χ1n) is 8.94. The number of halogens is 1. The summed E-state index contributed by atoms with van der Waals surface area (Å²) >= 11 is 11.2. The predicted molar refractivity (Wildman–Crippen MR) is 116 cm³/mol. The van der Waals surface area contributed by atoms with E-state index in [1.807, 2.05) is 0 Å². The second-order valence-corrected chi connectivity index (χ2v) is 7.25. The number of nitrogens with one attached hydrogen (secondary N) is 1. The van der Waals surface area contributed by atoms with Gasteiger partial charge in [0.1, 0.15) is 11.7 Å². The molecule has 8 nitrogen and oxygen atoms in total. The van der Waals surface area contributed by atoms with Gasteiger partial charge in [0.05, 0.1) is 18.8 Å². The minimum absolute atomic E-state index is 0.0630. The van der Waals surface area contributed by atoms with E-state index in [-0.39, 0.29) is 22.2 Å². The molecule has 0 radical (unpaired) electrons. The van der Waals surface area contributed by atoms with Gasteiger partial charge in [0.2, 0.25) is 0 Å². The van der Waals surface area contributed by atoms with Gasteiger partial charge in [-0.2, -0.15) is 0 Å². The van der Waals surface area contributed by atoms with E-state index in [4.69, 9.17) is 33.3 Å². The minimum atomic E-state index is -1.38. The summed E-state index contributed by atoms with van der Waals surface area (Å²) in [6.07, 6.45) is 0.168. The van der Waals surface area contributed by atoms with E-state index in [0.717, 1.165) is 0 Å². The number of aliphatic carboxylic acids is 1. The lowest BCUT2D eigenvalue weighted by molar-refractivity contribution is -0.312. The number of hydrogen-bond acceptors (Lipinski definition) is 7. The molecule has 31 heavy (non-hydrogen) atoms. The Morgan fingerprint density at radius 3 is 2.61 bits per heavy atom. The van der Waals surface area contributed by atoms with Crippen molar-refractivity contribution < 1.29 is 29.0 Å². The molecule has 160 valence electrons. The molecule has 0 unspecified atom stereocenters. The fourth-order valence-corrected chi connectivity index (χ4v) is 3.25. The molecular formula is C21H16ClN2O6S-. The summed E-state index contributed by atoms with van der Waals surface area (Å²) in [4.78, 5) is 37.6. The van der Waals surface area contributed by atoms with Crippen LogP contribution in [0.4, 0.5) is 5.69 Å². The summed E-state index contributed by atoms with van der Waals surface area (Å²) in [6, 6.07) is 11.0. The number of thiocarbonyl (C=S) groups is 1. The Bertz CT molecular complexity index is 1120. The molecule has 3 rings (SSSR count). The second-order valence-electron chi connectivity index (χ2n) is 6.43. The van der Waals surface area contributed by atoms with Crippen LogP contribution in [0, 0.1) is 0 Å². The van der Waals surface area contributed by atoms with Gasteiger partial charge in [-0.3, -0.25) is 19.8 Å². The fourth-order valence-electron chi connectivity index (χ4n) is 2.78. The number of rotatable bonds is 6. The smallest absolute Gasteiger partial charge is 0.270 e. The number of nitrogens with zero attached hydrogens (tertiary/aromatic N) is 1. The van der Waals surface area contributed by atoms with E-state index in [1.165, 1.54) is 37.1 Å². The summed E-state index contributed by atoms with van der Waals surface area (Å²) in [5.74, 6) is -2.27. The molecule has 0 saturated carbocycles. The summed E-state index contributed by atoms with van der Waals surface area (Å²) in [6.45, 7) is 1.32. The first kappa shape index (κ1) is 22.3. The van der Waals surface area contributed by atoms with Crippen molar-refractivity contribution in [3.05, 3.63) is 58.6 Å². The van der Waals surface area contributed by atoms with E-state index < -0.39 is 23.9 Å². The average Bonchev–Trinajstić information content (AvgIpc) is 2.71. The highest BCUT2D eigenvalue weighted by atomic mass is 35.5. The van der Waals surface area contributed by atoms with Gasteiger partial charge in [0, 0.05) is 5.02 Å². The Morgan fingerprint density at radius 2 is 1.97 bits per heavy atom. The Balaban J connectivity index is 1.96. The van der Waals surface area contributed by atoms with E-state index in [1.54, 1.807) is 30.3 Å². The number of carbonyl (C=O) groups is 3. The first-order valence-corrected chi connectivity index (χ1v) is 9.72. The van der Waals surface area contributed by atoms with Gasteiger partial charge in [0.25, 0.3) is 11.8 Å². The number of carboxylic acids is 1. The van der Waals surface area contributed by atoms with Crippen LogP contribution in [0.1, 0.15) is 12.5 Å². The Labute approximate surface area is 188 Å². The van der Waals surface area contributed by atoms with Gasteiger partial charge < -0.3 is 19.4 Å². The van der Waals surface area contributed by atoms with Crippen LogP contribution in [-0.4, -0.2) is 36.1 Å². The molecule has 0 aromatic heterocycles. The third-order valence-electron chi connectivity index (χ3n) is 4.30. The van der Waals surface area contributed by atoms with Crippen molar-refractivity contribution in [3.8, 4) is 11.5 Å². The predicted octanol–water partition coefficient (Wildman–Crippen LogP) is 1.70. The van der Waals surface area contributed by atoms with Crippen LogP contribution in [0.15, 0.2) is 48.0 Å². The number of methoxy groups -OCH3 is 1. The molecule has 2 aromatic carbocycles. The van der Waals surface area contributed by atoms with Gasteiger partial charge in [-0.05, 0) is 61.1 Å². The Kier molecular flexibility index (Phi) is 6.57. The van der Waals surface area contributed by atoms with E-state index in [0.29, 0.717) is 16.3 Å². The van der Waals surface area contributed by atoms with Crippen LogP contribution < -0.4 is 24.8 Å². The summed E-state index contributed by atoms with van der Waals surface area (Å²) < 4.78 is 10.5. The minimum Gasteiger partial charge on any atom is -0.546 e. The standard InChI is InChI=1S/C21H17ClN2O6S/c1-11(20(27)28)30-16-7-6-12(9-17(16)29-2)8-15-18(25)23-21(31)24(19(15)26)14-5-3-4-13(22)10-14/h3-11H,1-2H3,(H,27,28)(H,23,25,31)/p-1/b15-8+/t11-/m1/s1. The number of amides is 2. The third kappa shape index (κ3) is 4.84. The van der Waals surface area contributed by atoms with E-state index in [2.05, 4.69) is 5.32 Å². The highest BCUT2D eigenvalue weighted by Crippen LogP contribution is 2.31. The van der Waals surface area contributed by atoms with Crippen molar-refractivity contribution in [3.63, 3.8) is 0 Å². The van der Waals surface area contributed by atoms with Crippen molar-refractivity contribution in [2.45, 2.75) is 13.0 Å².